The molecule has 0 atom stereocenters. The second-order valence-corrected chi connectivity index (χ2v) is 6.25. The molecule has 3 rings (SSSR count). The number of carboxylic acid groups (broad SMARTS) is 1. The highest BCUT2D eigenvalue weighted by Crippen LogP contribution is 2.22. The summed E-state index contributed by atoms with van der Waals surface area (Å²) in [4.78, 5) is 19.8. The molecule has 0 radical (unpaired) electrons. The van der Waals surface area contributed by atoms with E-state index in [-0.39, 0.29) is 5.56 Å². The molecule has 0 amide bonds. The van der Waals surface area contributed by atoms with E-state index in [0.717, 1.165) is 10.2 Å². The maximum absolute atomic E-state index is 11.1. The predicted octanol–water partition coefficient (Wildman–Crippen LogP) is 4.73. The van der Waals surface area contributed by atoms with Crippen LogP contribution >= 0.6 is 15.9 Å². The van der Waals surface area contributed by atoms with Gasteiger partial charge in [0.05, 0.1) is 5.56 Å². The number of nitrogens with zero attached hydrogens (tertiary/aromatic N) is 2. The number of benzene rings is 2. The zero-order chi connectivity index (χ0) is 17.8. The topological polar surface area (TPSA) is 87.1 Å². The van der Waals surface area contributed by atoms with Crippen LogP contribution in [-0.2, 0) is 0 Å². The Morgan fingerprint density at radius 2 is 1.56 bits per heavy atom. The molecule has 7 heteroatoms. The van der Waals surface area contributed by atoms with E-state index in [1.54, 1.807) is 37.3 Å². The number of aromatic carboxylic acids is 1. The van der Waals surface area contributed by atoms with Crippen molar-refractivity contribution in [1.29, 1.82) is 0 Å². The summed E-state index contributed by atoms with van der Waals surface area (Å²) in [5, 5.41) is 15.4. The number of carboxylic acids is 1. The first kappa shape index (κ1) is 16.9. The Morgan fingerprint density at radius 1 is 0.960 bits per heavy atom. The molecule has 25 heavy (non-hydrogen) atoms. The summed E-state index contributed by atoms with van der Waals surface area (Å²) in [5.41, 5.74) is 1.75. The molecule has 2 aromatic carbocycles. The van der Waals surface area contributed by atoms with Gasteiger partial charge in [-0.1, -0.05) is 28.1 Å². The Balaban J connectivity index is 1.84. The van der Waals surface area contributed by atoms with Crippen molar-refractivity contribution < 1.29 is 9.90 Å². The Kier molecular flexibility index (Phi) is 4.95. The number of aryl methyl sites for hydroxylation is 1. The van der Waals surface area contributed by atoms with Gasteiger partial charge in [0.15, 0.2) is 0 Å². The minimum Gasteiger partial charge on any atom is -0.478 e. The van der Waals surface area contributed by atoms with Gasteiger partial charge in [-0.15, -0.1) is 0 Å². The molecule has 0 bridgehead atoms. The van der Waals surface area contributed by atoms with Crippen LogP contribution < -0.4 is 10.6 Å². The highest BCUT2D eigenvalue weighted by molar-refractivity contribution is 9.10. The van der Waals surface area contributed by atoms with E-state index in [9.17, 15) is 4.79 Å². The van der Waals surface area contributed by atoms with E-state index >= 15 is 0 Å². The summed E-state index contributed by atoms with van der Waals surface area (Å²) in [6.45, 7) is 1.80. The molecule has 6 nitrogen and oxygen atoms in total. The number of halogens is 1. The lowest BCUT2D eigenvalue weighted by molar-refractivity contribution is 0.0697. The number of anilines is 4. The third-order valence-corrected chi connectivity index (χ3v) is 3.81. The Morgan fingerprint density at radius 3 is 2.16 bits per heavy atom. The van der Waals surface area contributed by atoms with Crippen molar-refractivity contribution >= 4 is 44.9 Å². The van der Waals surface area contributed by atoms with Gasteiger partial charge in [0.1, 0.15) is 17.5 Å². The van der Waals surface area contributed by atoms with Gasteiger partial charge in [0.25, 0.3) is 0 Å². The fourth-order valence-corrected chi connectivity index (χ4v) is 2.69. The van der Waals surface area contributed by atoms with Gasteiger partial charge in [-0.25, -0.2) is 14.8 Å². The summed E-state index contributed by atoms with van der Waals surface area (Å²) in [5.74, 6) is 0.839. The second kappa shape index (κ2) is 7.31. The highest BCUT2D eigenvalue weighted by atomic mass is 79.9. The van der Waals surface area contributed by atoms with Crippen molar-refractivity contribution in [2.75, 3.05) is 10.6 Å². The minimum absolute atomic E-state index is 0.211. The first-order valence-electron chi connectivity index (χ1n) is 7.48. The van der Waals surface area contributed by atoms with E-state index in [1.165, 1.54) is 0 Å². The highest BCUT2D eigenvalue weighted by Gasteiger charge is 2.06. The normalized spacial score (nSPS) is 10.3. The second-order valence-electron chi connectivity index (χ2n) is 5.33. The van der Waals surface area contributed by atoms with Crippen LogP contribution in [0.3, 0.4) is 0 Å². The zero-order valence-corrected chi connectivity index (χ0v) is 14.9. The lowest BCUT2D eigenvalue weighted by Gasteiger charge is -2.11. The predicted molar refractivity (Wildman–Crippen MR) is 101 cm³/mol. The number of nitrogens with one attached hydrogen (secondary N) is 2. The third-order valence-electron chi connectivity index (χ3n) is 3.32. The van der Waals surface area contributed by atoms with Gasteiger partial charge in [0, 0.05) is 21.9 Å². The van der Waals surface area contributed by atoms with Gasteiger partial charge in [-0.2, -0.15) is 0 Å². The third kappa shape index (κ3) is 4.54. The first-order chi connectivity index (χ1) is 12.0. The molecular formula is C18H15BrN4O2. The summed E-state index contributed by atoms with van der Waals surface area (Å²) < 4.78 is 0.965. The van der Waals surface area contributed by atoms with Gasteiger partial charge >= 0.3 is 5.97 Å². The van der Waals surface area contributed by atoms with E-state index in [0.29, 0.717) is 23.1 Å². The van der Waals surface area contributed by atoms with Crippen molar-refractivity contribution in [3.05, 3.63) is 70.5 Å². The van der Waals surface area contributed by atoms with E-state index in [2.05, 4.69) is 36.5 Å². The van der Waals surface area contributed by atoms with Crippen LogP contribution in [0.1, 0.15) is 16.2 Å². The van der Waals surface area contributed by atoms with Crippen molar-refractivity contribution in [2.24, 2.45) is 0 Å². The molecule has 0 aliphatic heterocycles. The largest absolute Gasteiger partial charge is 0.478 e. The molecule has 1 aromatic heterocycles. The van der Waals surface area contributed by atoms with Crippen LogP contribution in [0.25, 0.3) is 0 Å². The lowest BCUT2D eigenvalue weighted by atomic mass is 10.2. The quantitative estimate of drug-likeness (QED) is 0.575. The van der Waals surface area contributed by atoms with Crippen molar-refractivity contribution in [3.63, 3.8) is 0 Å². The van der Waals surface area contributed by atoms with Crippen LogP contribution in [0.15, 0.2) is 59.1 Å². The maximum Gasteiger partial charge on any atom is 0.335 e. The smallest absolute Gasteiger partial charge is 0.335 e. The van der Waals surface area contributed by atoms with E-state index in [4.69, 9.17) is 5.11 Å². The monoisotopic (exact) mass is 398 g/mol. The van der Waals surface area contributed by atoms with Crippen LogP contribution in [0, 0.1) is 6.92 Å². The number of rotatable bonds is 5. The van der Waals surface area contributed by atoms with Gasteiger partial charge in [-0.3, -0.25) is 0 Å². The van der Waals surface area contributed by atoms with Crippen LogP contribution in [-0.4, -0.2) is 21.0 Å². The molecule has 126 valence electrons. The number of hydrogen-bond donors (Lipinski definition) is 3. The molecular weight excluding hydrogens is 384 g/mol. The van der Waals surface area contributed by atoms with Gasteiger partial charge < -0.3 is 15.7 Å². The van der Waals surface area contributed by atoms with Crippen LogP contribution in [0.2, 0.25) is 0 Å². The van der Waals surface area contributed by atoms with Gasteiger partial charge in [-0.05, 0) is 43.3 Å². The maximum atomic E-state index is 11.1. The Bertz CT molecular complexity index is 930. The van der Waals surface area contributed by atoms with Crippen LogP contribution in [0.5, 0.6) is 0 Å². The van der Waals surface area contributed by atoms with Gasteiger partial charge in [0.2, 0.25) is 0 Å². The molecule has 1 heterocycles. The molecule has 0 aliphatic carbocycles. The average Bonchev–Trinajstić information content (AvgIpc) is 2.54. The molecule has 3 N–H and O–H groups in total. The lowest BCUT2D eigenvalue weighted by Crippen LogP contribution is -2.02. The standard InChI is InChI=1S/C18H15BrN4O2/c1-11-20-16(22-14-6-2-4-12(8-14)18(24)25)10-17(21-11)23-15-7-3-5-13(19)9-15/h2-10H,1H3,(H,24,25)(H2,20,21,22,23). The average molecular weight is 399 g/mol. The van der Waals surface area contributed by atoms with Crippen molar-refractivity contribution in [2.45, 2.75) is 6.92 Å². The molecule has 0 saturated heterocycles. The van der Waals surface area contributed by atoms with Crippen molar-refractivity contribution in [3.8, 4) is 0 Å². The van der Waals surface area contributed by atoms with E-state index in [1.807, 2.05) is 24.3 Å². The first-order valence-corrected chi connectivity index (χ1v) is 8.27. The molecule has 0 unspecified atom stereocenters. The summed E-state index contributed by atoms with van der Waals surface area (Å²) >= 11 is 3.43. The fourth-order valence-electron chi connectivity index (χ4n) is 2.29. The molecule has 0 saturated carbocycles. The SMILES string of the molecule is Cc1nc(Nc2cccc(Br)c2)cc(Nc2cccc(C(=O)O)c2)n1. The summed E-state index contributed by atoms with van der Waals surface area (Å²) in [6, 6.07) is 16.1. The van der Waals surface area contributed by atoms with Crippen molar-refractivity contribution in [1.82, 2.24) is 9.97 Å². The number of aromatic nitrogens is 2. The molecule has 0 fully saturated rings. The molecule has 0 spiro atoms. The number of hydrogen-bond acceptors (Lipinski definition) is 5. The summed E-state index contributed by atoms with van der Waals surface area (Å²) in [7, 11) is 0. The number of carbonyl (C=O) groups is 1. The zero-order valence-electron chi connectivity index (χ0n) is 13.3. The van der Waals surface area contributed by atoms with Crippen LogP contribution in [0.4, 0.5) is 23.0 Å². The Labute approximate surface area is 153 Å². The summed E-state index contributed by atoms with van der Waals surface area (Å²) in [6.07, 6.45) is 0. The molecule has 0 aliphatic rings. The van der Waals surface area contributed by atoms with E-state index < -0.39 is 5.97 Å². The molecule has 3 aromatic rings. The minimum atomic E-state index is -0.973. The fraction of sp³-hybridized carbons (Fsp3) is 0.0556. The Hall–Kier alpha value is -2.93.